The highest BCUT2D eigenvalue weighted by atomic mass is 16.3. The lowest BCUT2D eigenvalue weighted by Crippen LogP contribution is -2.32. The van der Waals surface area contributed by atoms with Crippen molar-refractivity contribution < 1.29 is 8.83 Å². The fraction of sp³-hybridized carbons (Fsp3) is 0.0156. The van der Waals surface area contributed by atoms with Gasteiger partial charge in [-0.25, -0.2) is 4.98 Å². The lowest BCUT2D eigenvalue weighted by atomic mass is 9.71. The summed E-state index contributed by atoms with van der Waals surface area (Å²) in [7, 11) is 0. The van der Waals surface area contributed by atoms with Crippen molar-refractivity contribution in [2.45, 2.75) is 5.41 Å². The topological polar surface area (TPSA) is 69.9 Å². The Kier molecular flexibility index (Phi) is 8.18. The molecule has 0 saturated heterocycles. The first kappa shape index (κ1) is 38.7. The Hall–Kier alpha value is -9.39. The van der Waals surface area contributed by atoms with Gasteiger partial charge in [-0.15, -0.1) is 0 Å². The minimum Gasteiger partial charge on any atom is -0.456 e. The molecule has 326 valence electrons. The van der Waals surface area contributed by atoms with Crippen LogP contribution in [0, 0.1) is 0 Å². The van der Waals surface area contributed by atoms with Crippen molar-refractivity contribution in [3.8, 4) is 50.7 Å². The molecule has 0 bridgehead atoms. The van der Waals surface area contributed by atoms with Crippen molar-refractivity contribution in [1.82, 2.24) is 19.5 Å². The van der Waals surface area contributed by atoms with E-state index in [-0.39, 0.29) is 0 Å². The third kappa shape index (κ3) is 5.59. The van der Waals surface area contributed by atoms with Gasteiger partial charge in [0.25, 0.3) is 0 Å². The van der Waals surface area contributed by atoms with Crippen molar-refractivity contribution in [2.75, 3.05) is 0 Å². The summed E-state index contributed by atoms with van der Waals surface area (Å²) in [5, 5.41) is 6.57. The highest BCUT2D eigenvalue weighted by Crippen LogP contribution is 2.56. The van der Waals surface area contributed by atoms with E-state index in [0.29, 0.717) is 17.6 Å². The second-order valence-corrected chi connectivity index (χ2v) is 18.3. The van der Waals surface area contributed by atoms with E-state index in [4.69, 9.17) is 23.8 Å². The number of fused-ring (bicyclic) bond motifs is 12. The standard InChI is InChI=1S/C64H38N4O2/c1-2-14-39(15-3-1)42-30-34-56-51(36-42)47-18-6-11-23-55(47)68(56)63-66-61(41-28-26-40(27-29-41)43-31-35-59-52(37-43)49-20-8-13-25-58(49)69-59)65-62(67-63)64(53-21-9-4-16-45(53)46-17-5-10-22-54(46)64)44-32-33-50-48-19-7-12-24-57(48)70-60(50)38-44/h1-38H. The molecule has 0 aliphatic heterocycles. The summed E-state index contributed by atoms with van der Waals surface area (Å²) >= 11 is 0. The monoisotopic (exact) mass is 894 g/mol. The molecule has 14 aromatic rings. The Bertz CT molecular complexity index is 4380. The Balaban J connectivity index is 1.00. The van der Waals surface area contributed by atoms with Crippen LogP contribution in [-0.2, 0) is 5.41 Å². The molecule has 1 aliphatic carbocycles. The van der Waals surface area contributed by atoms with Gasteiger partial charge in [-0.3, -0.25) is 4.57 Å². The van der Waals surface area contributed by atoms with Crippen LogP contribution in [0.2, 0.25) is 0 Å². The zero-order chi connectivity index (χ0) is 45.9. The normalized spacial score (nSPS) is 13.0. The molecule has 0 amide bonds. The summed E-state index contributed by atoms with van der Waals surface area (Å²) in [4.78, 5) is 16.9. The van der Waals surface area contributed by atoms with Crippen LogP contribution in [0.5, 0.6) is 0 Å². The fourth-order valence-electron chi connectivity index (χ4n) is 11.4. The lowest BCUT2D eigenvalue weighted by Gasteiger charge is -2.32. The van der Waals surface area contributed by atoms with Crippen LogP contribution in [0.25, 0.3) is 116 Å². The van der Waals surface area contributed by atoms with Crippen LogP contribution >= 0.6 is 0 Å². The Morgan fingerprint density at radius 2 is 0.857 bits per heavy atom. The molecule has 4 heterocycles. The second kappa shape index (κ2) is 14.8. The van der Waals surface area contributed by atoms with E-state index in [1.54, 1.807) is 0 Å². The van der Waals surface area contributed by atoms with Gasteiger partial charge in [0.2, 0.25) is 5.95 Å². The molecule has 0 fully saturated rings. The molecule has 0 saturated carbocycles. The van der Waals surface area contributed by atoms with Gasteiger partial charge in [0.15, 0.2) is 11.6 Å². The molecule has 0 atom stereocenters. The number of hydrogen-bond donors (Lipinski definition) is 0. The van der Waals surface area contributed by atoms with E-state index >= 15 is 0 Å². The SMILES string of the molecule is c1ccc(-c2ccc3c(c2)c2ccccc2n3-c2nc(-c3ccc(-c4ccc5oc6ccccc6c5c4)cc3)nc(C3(c4ccc5c(c4)oc4ccccc45)c4ccccc4-c4ccccc43)n2)cc1. The van der Waals surface area contributed by atoms with Crippen LogP contribution in [-0.4, -0.2) is 19.5 Å². The van der Waals surface area contributed by atoms with Crippen molar-refractivity contribution in [3.63, 3.8) is 0 Å². The van der Waals surface area contributed by atoms with Gasteiger partial charge in [0.1, 0.15) is 27.7 Å². The van der Waals surface area contributed by atoms with Crippen molar-refractivity contribution in [3.05, 3.63) is 253 Å². The van der Waals surface area contributed by atoms with Gasteiger partial charge < -0.3 is 8.83 Å². The number of rotatable bonds is 6. The van der Waals surface area contributed by atoms with E-state index in [1.165, 1.54) is 0 Å². The largest absolute Gasteiger partial charge is 0.456 e. The van der Waals surface area contributed by atoms with E-state index < -0.39 is 5.41 Å². The molecule has 6 nitrogen and oxygen atoms in total. The summed E-state index contributed by atoms with van der Waals surface area (Å²) in [6.45, 7) is 0. The number of para-hydroxylation sites is 3. The van der Waals surface area contributed by atoms with Gasteiger partial charge in [0, 0.05) is 37.9 Å². The third-order valence-electron chi connectivity index (χ3n) is 14.6. The predicted octanol–water partition coefficient (Wildman–Crippen LogP) is 16.1. The quantitative estimate of drug-likeness (QED) is 0.166. The van der Waals surface area contributed by atoms with Gasteiger partial charge in [0.05, 0.1) is 11.0 Å². The maximum atomic E-state index is 6.65. The first-order chi connectivity index (χ1) is 34.7. The van der Waals surface area contributed by atoms with Gasteiger partial charge in [-0.1, -0.05) is 182 Å². The molecule has 0 radical (unpaired) electrons. The summed E-state index contributed by atoms with van der Waals surface area (Å²) in [5.41, 5.74) is 15.3. The van der Waals surface area contributed by atoms with Crippen LogP contribution < -0.4 is 0 Å². The van der Waals surface area contributed by atoms with E-state index in [0.717, 1.165) is 121 Å². The molecule has 6 heteroatoms. The third-order valence-corrected chi connectivity index (χ3v) is 14.6. The van der Waals surface area contributed by atoms with Crippen molar-refractivity contribution in [1.29, 1.82) is 0 Å². The molecule has 10 aromatic carbocycles. The zero-order valence-corrected chi connectivity index (χ0v) is 37.5. The van der Waals surface area contributed by atoms with E-state index in [9.17, 15) is 0 Å². The molecular weight excluding hydrogens is 857 g/mol. The van der Waals surface area contributed by atoms with Gasteiger partial charge in [-0.05, 0) is 98.6 Å². The van der Waals surface area contributed by atoms with E-state index in [2.05, 4.69) is 211 Å². The average molecular weight is 895 g/mol. The van der Waals surface area contributed by atoms with Crippen molar-refractivity contribution >= 4 is 65.7 Å². The van der Waals surface area contributed by atoms with Crippen LogP contribution in [0.1, 0.15) is 22.5 Å². The number of furan rings is 2. The highest BCUT2D eigenvalue weighted by molar-refractivity contribution is 6.11. The van der Waals surface area contributed by atoms with E-state index in [1.807, 2.05) is 24.3 Å². The second-order valence-electron chi connectivity index (χ2n) is 18.3. The number of hydrogen-bond acceptors (Lipinski definition) is 5. The van der Waals surface area contributed by atoms with Crippen LogP contribution in [0.4, 0.5) is 0 Å². The van der Waals surface area contributed by atoms with Gasteiger partial charge in [-0.2, -0.15) is 9.97 Å². The summed E-state index contributed by atoms with van der Waals surface area (Å²) < 4.78 is 15.1. The summed E-state index contributed by atoms with van der Waals surface area (Å²) in [6.07, 6.45) is 0. The van der Waals surface area contributed by atoms with Crippen LogP contribution in [0.3, 0.4) is 0 Å². The smallest absolute Gasteiger partial charge is 0.238 e. The molecule has 15 rings (SSSR count). The lowest BCUT2D eigenvalue weighted by molar-refractivity contribution is 0.659. The first-order valence-corrected chi connectivity index (χ1v) is 23.7. The maximum absolute atomic E-state index is 6.65. The molecule has 1 aliphatic rings. The minimum atomic E-state index is -0.964. The van der Waals surface area contributed by atoms with Crippen LogP contribution in [0.15, 0.2) is 239 Å². The predicted molar refractivity (Wildman–Crippen MR) is 282 cm³/mol. The Morgan fingerprint density at radius 3 is 1.61 bits per heavy atom. The maximum Gasteiger partial charge on any atom is 0.238 e. The molecule has 0 spiro atoms. The van der Waals surface area contributed by atoms with Crippen molar-refractivity contribution in [2.24, 2.45) is 0 Å². The Labute approximate surface area is 401 Å². The molecular formula is C64H38N4O2. The number of nitrogens with zero attached hydrogens (tertiary/aromatic N) is 4. The number of aromatic nitrogens is 4. The first-order valence-electron chi connectivity index (χ1n) is 23.7. The molecule has 4 aromatic heterocycles. The molecule has 0 unspecified atom stereocenters. The minimum absolute atomic E-state index is 0.533. The summed E-state index contributed by atoms with van der Waals surface area (Å²) in [6, 6.07) is 81.3. The fourth-order valence-corrected chi connectivity index (χ4v) is 11.4. The summed E-state index contributed by atoms with van der Waals surface area (Å²) in [5.74, 6) is 1.72. The zero-order valence-electron chi connectivity index (χ0n) is 37.5. The number of benzene rings is 10. The molecule has 0 N–H and O–H groups in total. The average Bonchev–Trinajstić information content (AvgIpc) is 4.17. The highest BCUT2D eigenvalue weighted by Gasteiger charge is 2.49. The molecule has 70 heavy (non-hydrogen) atoms. The van der Waals surface area contributed by atoms with Gasteiger partial charge >= 0.3 is 0 Å². The Morgan fingerprint density at radius 1 is 0.329 bits per heavy atom.